The smallest absolute Gasteiger partial charge is 0.326 e. The molecule has 0 spiro atoms. The molecule has 0 radical (unpaired) electrons. The summed E-state index contributed by atoms with van der Waals surface area (Å²) < 4.78 is 1.60. The highest BCUT2D eigenvalue weighted by atomic mass is 16.2. The van der Waals surface area contributed by atoms with E-state index in [9.17, 15) is 14.4 Å². The van der Waals surface area contributed by atoms with Gasteiger partial charge in [-0.15, -0.1) is 0 Å². The maximum atomic E-state index is 12.7. The average Bonchev–Trinajstić information content (AvgIpc) is 2.91. The largest absolute Gasteiger partial charge is 0.341 e. The van der Waals surface area contributed by atoms with Gasteiger partial charge in [0.05, 0.1) is 16.6 Å². The van der Waals surface area contributed by atoms with E-state index < -0.39 is 0 Å². The normalized spacial score (nSPS) is 14.8. The maximum Gasteiger partial charge on any atom is 0.326 e. The molecule has 1 fully saturated rings. The molecule has 8 heteroatoms. The molecule has 29 heavy (non-hydrogen) atoms. The summed E-state index contributed by atoms with van der Waals surface area (Å²) in [4.78, 5) is 47.9. The van der Waals surface area contributed by atoms with Gasteiger partial charge in [-0.2, -0.15) is 0 Å². The van der Waals surface area contributed by atoms with Gasteiger partial charge in [-0.3, -0.25) is 19.1 Å². The Balaban J connectivity index is 1.37. The second-order valence-corrected chi connectivity index (χ2v) is 7.12. The van der Waals surface area contributed by atoms with Crippen LogP contribution in [0.2, 0.25) is 0 Å². The van der Waals surface area contributed by atoms with Crippen LogP contribution in [0.15, 0.2) is 53.6 Å². The first-order valence-corrected chi connectivity index (χ1v) is 9.78. The van der Waals surface area contributed by atoms with E-state index in [-0.39, 0.29) is 23.9 Å². The van der Waals surface area contributed by atoms with Crippen LogP contribution in [0.5, 0.6) is 0 Å². The van der Waals surface area contributed by atoms with Crippen molar-refractivity contribution in [3.8, 4) is 0 Å². The molecule has 1 aliphatic heterocycles. The maximum absolute atomic E-state index is 12.7. The minimum absolute atomic E-state index is 0.00198. The molecule has 4 rings (SSSR count). The first-order chi connectivity index (χ1) is 14.1. The van der Waals surface area contributed by atoms with Gasteiger partial charge in [-0.25, -0.2) is 4.79 Å². The van der Waals surface area contributed by atoms with Crippen LogP contribution in [0, 0.1) is 0 Å². The van der Waals surface area contributed by atoms with Crippen LogP contribution in [0.1, 0.15) is 23.2 Å². The molecule has 0 atom stereocenters. The highest BCUT2D eigenvalue weighted by molar-refractivity contribution is 5.94. The number of fused-ring (bicyclic) bond motifs is 1. The van der Waals surface area contributed by atoms with E-state index in [2.05, 4.69) is 9.97 Å². The van der Waals surface area contributed by atoms with Gasteiger partial charge in [0.25, 0.3) is 5.91 Å². The Kier molecular flexibility index (Phi) is 5.41. The van der Waals surface area contributed by atoms with Crippen LogP contribution in [-0.2, 0) is 11.3 Å². The van der Waals surface area contributed by atoms with Gasteiger partial charge < -0.3 is 14.8 Å². The highest BCUT2D eigenvalue weighted by Gasteiger charge is 2.23. The number of nitrogens with zero attached hydrogens (tertiary/aromatic N) is 4. The summed E-state index contributed by atoms with van der Waals surface area (Å²) in [7, 11) is 0. The predicted octanol–water partition coefficient (Wildman–Crippen LogP) is 1.49. The SMILES string of the molecule is O=C(CCn1c(=O)[nH]c2ccccc21)N1CCCN(C(=O)c2cccnc2)CC1. The standard InChI is InChI=1S/C21H23N5O3/c27-19(8-12-26-18-7-2-1-6-17(18)23-21(26)29)24-10-4-11-25(14-13-24)20(28)16-5-3-9-22-15-16/h1-3,5-7,9,15H,4,8,10-14H2,(H,23,29). The van der Waals surface area contributed by atoms with E-state index in [0.717, 1.165) is 17.5 Å². The zero-order chi connectivity index (χ0) is 20.2. The van der Waals surface area contributed by atoms with Crippen LogP contribution >= 0.6 is 0 Å². The first kappa shape index (κ1) is 18.9. The number of hydrogen-bond donors (Lipinski definition) is 1. The summed E-state index contributed by atoms with van der Waals surface area (Å²) in [5, 5.41) is 0. The van der Waals surface area contributed by atoms with E-state index in [1.807, 2.05) is 24.3 Å². The zero-order valence-electron chi connectivity index (χ0n) is 16.1. The lowest BCUT2D eigenvalue weighted by molar-refractivity contribution is -0.131. The van der Waals surface area contributed by atoms with Gasteiger partial charge >= 0.3 is 5.69 Å². The Morgan fingerprint density at radius 3 is 2.62 bits per heavy atom. The Morgan fingerprint density at radius 2 is 1.79 bits per heavy atom. The number of carbonyl (C=O) groups is 2. The zero-order valence-corrected chi connectivity index (χ0v) is 16.1. The molecule has 0 saturated carbocycles. The molecular formula is C21H23N5O3. The molecule has 1 aliphatic rings. The molecular weight excluding hydrogens is 370 g/mol. The molecule has 8 nitrogen and oxygen atoms in total. The van der Waals surface area contributed by atoms with Gasteiger partial charge in [-0.05, 0) is 30.7 Å². The third-order valence-corrected chi connectivity index (χ3v) is 5.28. The summed E-state index contributed by atoms with van der Waals surface area (Å²) in [5.41, 5.74) is 1.92. The van der Waals surface area contributed by atoms with Gasteiger partial charge in [0.15, 0.2) is 0 Å². The summed E-state index contributed by atoms with van der Waals surface area (Å²) in [6.07, 6.45) is 4.18. The number of pyridine rings is 1. The lowest BCUT2D eigenvalue weighted by Crippen LogP contribution is -2.37. The Morgan fingerprint density at radius 1 is 1.00 bits per heavy atom. The fraction of sp³-hybridized carbons (Fsp3) is 0.333. The number of aryl methyl sites for hydroxylation is 1. The minimum atomic E-state index is -0.205. The summed E-state index contributed by atoms with van der Waals surface area (Å²) in [5.74, 6) is -0.0596. The summed E-state index contributed by atoms with van der Waals surface area (Å²) >= 11 is 0. The van der Waals surface area contributed by atoms with Gasteiger partial charge in [0, 0.05) is 51.5 Å². The number of nitrogens with one attached hydrogen (secondary N) is 1. The number of H-pyrrole nitrogens is 1. The number of aromatic amines is 1. The quantitative estimate of drug-likeness (QED) is 0.727. The van der Waals surface area contributed by atoms with Crippen LogP contribution in [0.3, 0.4) is 0 Å². The Hall–Kier alpha value is -3.42. The topological polar surface area (TPSA) is 91.3 Å². The molecule has 1 aromatic carbocycles. The molecule has 150 valence electrons. The van der Waals surface area contributed by atoms with Crippen molar-refractivity contribution in [1.29, 1.82) is 0 Å². The van der Waals surface area contributed by atoms with Crippen molar-refractivity contribution in [2.45, 2.75) is 19.4 Å². The number of hydrogen-bond acceptors (Lipinski definition) is 4. The van der Waals surface area contributed by atoms with Gasteiger partial charge in [-0.1, -0.05) is 12.1 Å². The Labute approximate surface area is 167 Å². The number of rotatable bonds is 4. The molecule has 3 heterocycles. The molecule has 1 N–H and O–H groups in total. The monoisotopic (exact) mass is 393 g/mol. The van der Waals surface area contributed by atoms with Crippen molar-refractivity contribution in [1.82, 2.24) is 24.3 Å². The third-order valence-electron chi connectivity index (χ3n) is 5.28. The highest BCUT2D eigenvalue weighted by Crippen LogP contribution is 2.12. The number of amides is 2. The molecule has 0 unspecified atom stereocenters. The number of para-hydroxylation sites is 2. The van der Waals surface area contributed by atoms with Crippen molar-refractivity contribution in [3.05, 3.63) is 64.8 Å². The number of aromatic nitrogens is 3. The van der Waals surface area contributed by atoms with E-state index in [1.54, 1.807) is 38.9 Å². The fourth-order valence-electron chi connectivity index (χ4n) is 3.74. The second kappa shape index (κ2) is 8.30. The number of benzene rings is 1. The van der Waals surface area contributed by atoms with Crippen LogP contribution in [0.4, 0.5) is 0 Å². The second-order valence-electron chi connectivity index (χ2n) is 7.12. The van der Waals surface area contributed by atoms with Gasteiger partial charge in [0.1, 0.15) is 0 Å². The van der Waals surface area contributed by atoms with Crippen molar-refractivity contribution in [3.63, 3.8) is 0 Å². The third kappa shape index (κ3) is 4.06. The predicted molar refractivity (Wildman–Crippen MR) is 109 cm³/mol. The van der Waals surface area contributed by atoms with Crippen molar-refractivity contribution < 1.29 is 9.59 Å². The lowest BCUT2D eigenvalue weighted by Gasteiger charge is -2.22. The van der Waals surface area contributed by atoms with E-state index in [4.69, 9.17) is 0 Å². The van der Waals surface area contributed by atoms with E-state index in [1.165, 1.54) is 0 Å². The Bertz CT molecular complexity index is 1070. The molecule has 0 aliphatic carbocycles. The van der Waals surface area contributed by atoms with Crippen LogP contribution in [0.25, 0.3) is 11.0 Å². The molecule has 2 aromatic heterocycles. The van der Waals surface area contributed by atoms with Crippen LogP contribution in [-0.4, -0.2) is 62.3 Å². The summed E-state index contributed by atoms with van der Waals surface area (Å²) in [6, 6.07) is 10.9. The molecule has 1 saturated heterocycles. The summed E-state index contributed by atoms with van der Waals surface area (Å²) in [6.45, 7) is 2.54. The average molecular weight is 393 g/mol. The van der Waals surface area contributed by atoms with Crippen molar-refractivity contribution in [2.24, 2.45) is 0 Å². The number of imidazole rings is 1. The van der Waals surface area contributed by atoms with Crippen molar-refractivity contribution >= 4 is 22.8 Å². The first-order valence-electron chi connectivity index (χ1n) is 9.78. The minimum Gasteiger partial charge on any atom is -0.341 e. The van der Waals surface area contributed by atoms with E-state index >= 15 is 0 Å². The van der Waals surface area contributed by atoms with Crippen molar-refractivity contribution in [2.75, 3.05) is 26.2 Å². The molecule has 2 amide bonds. The lowest BCUT2D eigenvalue weighted by atomic mass is 10.2. The van der Waals surface area contributed by atoms with E-state index in [0.29, 0.717) is 38.3 Å². The van der Waals surface area contributed by atoms with Crippen LogP contribution < -0.4 is 5.69 Å². The molecule has 3 aromatic rings. The fourth-order valence-corrected chi connectivity index (χ4v) is 3.74. The number of carbonyl (C=O) groups excluding carboxylic acids is 2. The molecule has 0 bridgehead atoms. The van der Waals surface area contributed by atoms with Gasteiger partial charge in [0.2, 0.25) is 5.91 Å².